The average molecular weight is 248 g/mol. The molecule has 2 rings (SSSR count). The smallest absolute Gasteiger partial charge is 0.0400 e. The van der Waals surface area contributed by atoms with Gasteiger partial charge in [0.2, 0.25) is 0 Å². The minimum atomic E-state index is 0.795. The third-order valence-electron chi connectivity index (χ3n) is 3.51. The fourth-order valence-electron chi connectivity index (χ4n) is 2.49. The van der Waals surface area contributed by atoms with Gasteiger partial charge in [0, 0.05) is 37.2 Å². The van der Waals surface area contributed by atoms with Crippen molar-refractivity contribution in [3.05, 3.63) is 24.0 Å². The van der Waals surface area contributed by atoms with Crippen LogP contribution in [0.1, 0.15) is 18.5 Å². The number of pyridine rings is 1. The number of aryl methyl sites for hydroxylation is 1. The summed E-state index contributed by atoms with van der Waals surface area (Å²) in [5, 5.41) is 0. The maximum absolute atomic E-state index is 5.58. The Bertz CT molecular complexity index is 367. The van der Waals surface area contributed by atoms with Crippen molar-refractivity contribution in [2.45, 2.75) is 19.8 Å². The van der Waals surface area contributed by atoms with Crippen LogP contribution >= 0.6 is 0 Å². The topological polar surface area (TPSA) is 45.4 Å². The third-order valence-corrected chi connectivity index (χ3v) is 3.51. The highest BCUT2D eigenvalue weighted by atomic mass is 15.2. The molecular formula is C14H24N4. The minimum absolute atomic E-state index is 0.795. The SMILES string of the molecule is Cc1cc(N2CCCN(CCCN)CC2)ccn1. The molecule has 1 fully saturated rings. The maximum Gasteiger partial charge on any atom is 0.0400 e. The van der Waals surface area contributed by atoms with Crippen LogP contribution in [0, 0.1) is 6.92 Å². The summed E-state index contributed by atoms with van der Waals surface area (Å²) < 4.78 is 0. The Balaban J connectivity index is 1.92. The van der Waals surface area contributed by atoms with Crippen molar-refractivity contribution in [2.75, 3.05) is 44.2 Å². The molecule has 100 valence electrons. The quantitative estimate of drug-likeness (QED) is 0.871. The molecule has 0 aromatic carbocycles. The lowest BCUT2D eigenvalue weighted by Gasteiger charge is -2.23. The number of anilines is 1. The Morgan fingerprint density at radius 3 is 2.94 bits per heavy atom. The summed E-state index contributed by atoms with van der Waals surface area (Å²) in [5.74, 6) is 0. The fourth-order valence-corrected chi connectivity index (χ4v) is 2.49. The molecule has 0 aliphatic carbocycles. The van der Waals surface area contributed by atoms with Gasteiger partial charge in [-0.2, -0.15) is 0 Å². The zero-order valence-corrected chi connectivity index (χ0v) is 11.3. The maximum atomic E-state index is 5.58. The molecule has 0 spiro atoms. The Kier molecular flexibility index (Phi) is 4.96. The van der Waals surface area contributed by atoms with Crippen LogP contribution in [0.2, 0.25) is 0 Å². The van der Waals surface area contributed by atoms with Crippen LogP contribution < -0.4 is 10.6 Å². The number of hydrogen-bond acceptors (Lipinski definition) is 4. The Morgan fingerprint density at radius 1 is 1.28 bits per heavy atom. The summed E-state index contributed by atoms with van der Waals surface area (Å²) in [6, 6.07) is 4.29. The zero-order chi connectivity index (χ0) is 12.8. The highest BCUT2D eigenvalue weighted by Crippen LogP contribution is 2.16. The average Bonchev–Trinajstić information content (AvgIpc) is 2.62. The summed E-state index contributed by atoms with van der Waals surface area (Å²) in [6.45, 7) is 8.57. The van der Waals surface area contributed by atoms with Crippen LogP contribution in [0.15, 0.2) is 18.3 Å². The van der Waals surface area contributed by atoms with Gasteiger partial charge in [-0.1, -0.05) is 0 Å². The Labute approximate surface area is 110 Å². The van der Waals surface area contributed by atoms with E-state index in [1.807, 2.05) is 6.20 Å². The first kappa shape index (κ1) is 13.3. The summed E-state index contributed by atoms with van der Waals surface area (Å²) in [4.78, 5) is 9.26. The van der Waals surface area contributed by atoms with Crippen molar-refractivity contribution in [1.29, 1.82) is 0 Å². The van der Waals surface area contributed by atoms with E-state index in [1.54, 1.807) is 0 Å². The predicted octanol–water partition coefficient (Wildman–Crippen LogP) is 1.25. The van der Waals surface area contributed by atoms with Gasteiger partial charge in [0.15, 0.2) is 0 Å². The van der Waals surface area contributed by atoms with Crippen LogP contribution in [-0.2, 0) is 0 Å². The summed E-state index contributed by atoms with van der Waals surface area (Å²) >= 11 is 0. The van der Waals surface area contributed by atoms with Crippen molar-refractivity contribution in [2.24, 2.45) is 5.73 Å². The van der Waals surface area contributed by atoms with Crippen molar-refractivity contribution >= 4 is 5.69 Å². The molecule has 1 aliphatic rings. The highest BCUT2D eigenvalue weighted by Gasteiger charge is 2.14. The second kappa shape index (κ2) is 6.71. The molecule has 2 N–H and O–H groups in total. The van der Waals surface area contributed by atoms with E-state index < -0.39 is 0 Å². The molecule has 2 heterocycles. The lowest BCUT2D eigenvalue weighted by atomic mass is 10.3. The summed E-state index contributed by atoms with van der Waals surface area (Å²) in [6.07, 6.45) is 4.24. The lowest BCUT2D eigenvalue weighted by Crippen LogP contribution is -2.32. The van der Waals surface area contributed by atoms with E-state index in [4.69, 9.17) is 5.73 Å². The van der Waals surface area contributed by atoms with Crippen molar-refractivity contribution in [3.8, 4) is 0 Å². The first-order chi connectivity index (χ1) is 8.79. The molecule has 4 heteroatoms. The molecule has 1 aliphatic heterocycles. The second-order valence-electron chi connectivity index (χ2n) is 4.98. The Morgan fingerprint density at radius 2 is 2.17 bits per heavy atom. The molecule has 1 aromatic rings. The van der Waals surface area contributed by atoms with E-state index in [1.165, 1.54) is 18.7 Å². The van der Waals surface area contributed by atoms with Gasteiger partial charge in [0.1, 0.15) is 0 Å². The first-order valence-corrected chi connectivity index (χ1v) is 6.89. The number of nitrogens with zero attached hydrogens (tertiary/aromatic N) is 3. The van der Waals surface area contributed by atoms with E-state index in [-0.39, 0.29) is 0 Å². The van der Waals surface area contributed by atoms with Gasteiger partial charge in [-0.05, 0) is 51.5 Å². The van der Waals surface area contributed by atoms with E-state index >= 15 is 0 Å². The normalized spacial score (nSPS) is 17.8. The largest absolute Gasteiger partial charge is 0.370 e. The van der Waals surface area contributed by atoms with E-state index in [0.29, 0.717) is 0 Å². The van der Waals surface area contributed by atoms with Gasteiger partial charge in [-0.15, -0.1) is 0 Å². The lowest BCUT2D eigenvalue weighted by molar-refractivity contribution is 0.291. The van der Waals surface area contributed by atoms with Crippen LogP contribution in [0.25, 0.3) is 0 Å². The standard InChI is InChI=1S/C14H24N4/c1-13-12-14(4-6-16-13)18-9-3-8-17(10-11-18)7-2-5-15/h4,6,12H,2-3,5,7-11,15H2,1H3. The van der Waals surface area contributed by atoms with Crippen LogP contribution in [0.3, 0.4) is 0 Å². The third kappa shape index (κ3) is 3.68. The summed E-state index contributed by atoms with van der Waals surface area (Å²) in [5.41, 5.74) is 7.98. The van der Waals surface area contributed by atoms with Crippen LogP contribution in [0.5, 0.6) is 0 Å². The molecule has 18 heavy (non-hydrogen) atoms. The molecular weight excluding hydrogens is 224 g/mol. The van der Waals surface area contributed by atoms with Gasteiger partial charge >= 0.3 is 0 Å². The first-order valence-electron chi connectivity index (χ1n) is 6.89. The van der Waals surface area contributed by atoms with Gasteiger partial charge in [-0.3, -0.25) is 4.98 Å². The van der Waals surface area contributed by atoms with E-state index in [0.717, 1.165) is 44.8 Å². The zero-order valence-electron chi connectivity index (χ0n) is 11.3. The highest BCUT2D eigenvalue weighted by molar-refractivity contribution is 5.46. The molecule has 0 unspecified atom stereocenters. The number of aromatic nitrogens is 1. The van der Waals surface area contributed by atoms with Crippen LogP contribution in [0.4, 0.5) is 5.69 Å². The molecule has 0 radical (unpaired) electrons. The van der Waals surface area contributed by atoms with Gasteiger partial charge in [-0.25, -0.2) is 0 Å². The second-order valence-corrected chi connectivity index (χ2v) is 4.98. The predicted molar refractivity (Wildman–Crippen MR) is 75.9 cm³/mol. The Hall–Kier alpha value is -1.13. The molecule has 0 amide bonds. The minimum Gasteiger partial charge on any atom is -0.370 e. The number of hydrogen-bond donors (Lipinski definition) is 1. The van der Waals surface area contributed by atoms with Crippen molar-refractivity contribution in [1.82, 2.24) is 9.88 Å². The fraction of sp³-hybridized carbons (Fsp3) is 0.643. The molecule has 0 saturated carbocycles. The number of nitrogens with two attached hydrogens (primary N) is 1. The summed E-state index contributed by atoms with van der Waals surface area (Å²) in [7, 11) is 0. The van der Waals surface area contributed by atoms with Crippen LogP contribution in [-0.4, -0.2) is 49.2 Å². The van der Waals surface area contributed by atoms with E-state index in [2.05, 4.69) is 33.8 Å². The van der Waals surface area contributed by atoms with Gasteiger partial charge < -0.3 is 15.5 Å². The molecule has 1 saturated heterocycles. The van der Waals surface area contributed by atoms with Crippen molar-refractivity contribution in [3.63, 3.8) is 0 Å². The monoisotopic (exact) mass is 248 g/mol. The molecule has 0 atom stereocenters. The molecule has 0 bridgehead atoms. The van der Waals surface area contributed by atoms with Gasteiger partial charge in [0.05, 0.1) is 0 Å². The number of rotatable bonds is 4. The van der Waals surface area contributed by atoms with E-state index in [9.17, 15) is 0 Å². The molecule has 4 nitrogen and oxygen atoms in total. The van der Waals surface area contributed by atoms with Gasteiger partial charge in [0.25, 0.3) is 0 Å². The molecule has 1 aromatic heterocycles. The van der Waals surface area contributed by atoms with Crippen molar-refractivity contribution < 1.29 is 0 Å².